The van der Waals surface area contributed by atoms with E-state index in [1.165, 1.54) is 0 Å². The van der Waals surface area contributed by atoms with Crippen LogP contribution in [0.15, 0.2) is 18.2 Å². The molecule has 4 heteroatoms. The van der Waals surface area contributed by atoms with Crippen molar-refractivity contribution in [3.05, 3.63) is 34.9 Å². The van der Waals surface area contributed by atoms with Crippen molar-refractivity contribution in [3.8, 4) is 0 Å². The van der Waals surface area contributed by atoms with Crippen LogP contribution in [0.1, 0.15) is 40.7 Å². The van der Waals surface area contributed by atoms with Gasteiger partial charge in [0.1, 0.15) is 6.04 Å². The summed E-state index contributed by atoms with van der Waals surface area (Å²) < 4.78 is 0. The Morgan fingerprint density at radius 1 is 1.26 bits per heavy atom. The SMILES string of the molecule is Cc1cccc2c1CN(C1CCCCNC1=O)C2=O. The maximum absolute atomic E-state index is 12.5. The zero-order valence-corrected chi connectivity index (χ0v) is 11.1. The summed E-state index contributed by atoms with van der Waals surface area (Å²) in [5.74, 6) is -0.00272. The summed E-state index contributed by atoms with van der Waals surface area (Å²) in [4.78, 5) is 26.3. The van der Waals surface area contributed by atoms with Gasteiger partial charge in [0.05, 0.1) is 0 Å². The fraction of sp³-hybridized carbons (Fsp3) is 0.467. The molecular formula is C15H18N2O2. The molecule has 0 saturated carbocycles. The molecule has 1 aromatic rings. The molecule has 2 aliphatic heterocycles. The molecular weight excluding hydrogens is 240 g/mol. The molecule has 0 aliphatic carbocycles. The molecule has 0 spiro atoms. The van der Waals surface area contributed by atoms with E-state index < -0.39 is 0 Å². The number of rotatable bonds is 1. The minimum absolute atomic E-state index is 0.000694. The predicted octanol–water partition coefficient (Wildman–Crippen LogP) is 1.62. The summed E-state index contributed by atoms with van der Waals surface area (Å²) in [6, 6.07) is 5.48. The number of carbonyl (C=O) groups excluding carboxylic acids is 2. The zero-order valence-electron chi connectivity index (χ0n) is 11.1. The molecule has 19 heavy (non-hydrogen) atoms. The maximum Gasteiger partial charge on any atom is 0.255 e. The molecule has 1 atom stereocenters. The molecule has 4 nitrogen and oxygen atoms in total. The van der Waals surface area contributed by atoms with Crippen molar-refractivity contribution in [1.29, 1.82) is 0 Å². The van der Waals surface area contributed by atoms with E-state index >= 15 is 0 Å². The summed E-state index contributed by atoms with van der Waals surface area (Å²) in [6.45, 7) is 3.31. The highest BCUT2D eigenvalue weighted by atomic mass is 16.2. The number of benzene rings is 1. The molecule has 0 bridgehead atoms. The van der Waals surface area contributed by atoms with Crippen molar-refractivity contribution >= 4 is 11.8 Å². The van der Waals surface area contributed by atoms with Gasteiger partial charge in [-0.3, -0.25) is 9.59 Å². The lowest BCUT2D eigenvalue weighted by Crippen LogP contribution is -2.45. The molecule has 2 aliphatic rings. The van der Waals surface area contributed by atoms with Gasteiger partial charge in [0.25, 0.3) is 5.91 Å². The van der Waals surface area contributed by atoms with Crippen LogP contribution in [0.3, 0.4) is 0 Å². The van der Waals surface area contributed by atoms with Crippen LogP contribution in [0.4, 0.5) is 0 Å². The van der Waals surface area contributed by atoms with Crippen LogP contribution < -0.4 is 5.32 Å². The molecule has 2 heterocycles. The Bertz CT molecular complexity index is 539. The Morgan fingerprint density at radius 2 is 2.11 bits per heavy atom. The number of nitrogens with zero attached hydrogens (tertiary/aromatic N) is 1. The molecule has 1 saturated heterocycles. The maximum atomic E-state index is 12.5. The van der Waals surface area contributed by atoms with Gasteiger partial charge in [-0.1, -0.05) is 12.1 Å². The molecule has 0 aromatic heterocycles. The first kappa shape index (κ1) is 12.2. The normalized spacial score (nSPS) is 23.0. The highest BCUT2D eigenvalue weighted by Crippen LogP contribution is 2.29. The smallest absolute Gasteiger partial charge is 0.255 e. The Hall–Kier alpha value is -1.84. The minimum atomic E-state index is -0.304. The topological polar surface area (TPSA) is 49.4 Å². The zero-order chi connectivity index (χ0) is 13.4. The largest absolute Gasteiger partial charge is 0.354 e. The van der Waals surface area contributed by atoms with Crippen LogP contribution in [0.25, 0.3) is 0 Å². The molecule has 1 aromatic carbocycles. The number of hydrogen-bond acceptors (Lipinski definition) is 2. The summed E-state index contributed by atoms with van der Waals surface area (Å²) in [6.07, 6.45) is 2.75. The van der Waals surface area contributed by atoms with Gasteiger partial charge in [-0.05, 0) is 43.4 Å². The fourth-order valence-corrected chi connectivity index (χ4v) is 2.98. The van der Waals surface area contributed by atoms with E-state index in [9.17, 15) is 9.59 Å². The molecule has 1 N–H and O–H groups in total. The number of aryl methyl sites for hydroxylation is 1. The van der Waals surface area contributed by atoms with Gasteiger partial charge in [0, 0.05) is 18.7 Å². The van der Waals surface area contributed by atoms with E-state index in [4.69, 9.17) is 0 Å². The van der Waals surface area contributed by atoms with Gasteiger partial charge in [-0.25, -0.2) is 0 Å². The Labute approximate surface area is 112 Å². The third-order valence-electron chi connectivity index (χ3n) is 4.11. The standard InChI is InChI=1S/C15H18N2O2/c1-10-5-4-6-11-12(10)9-17(15(11)19)13-7-2-3-8-16-14(13)18/h4-6,13H,2-3,7-9H2,1H3,(H,16,18). The van der Waals surface area contributed by atoms with Gasteiger partial charge in [-0.15, -0.1) is 0 Å². The van der Waals surface area contributed by atoms with Crippen LogP contribution in [0.2, 0.25) is 0 Å². The molecule has 2 amide bonds. The average Bonchev–Trinajstić information content (AvgIpc) is 2.59. The van der Waals surface area contributed by atoms with Crippen molar-refractivity contribution in [1.82, 2.24) is 10.2 Å². The average molecular weight is 258 g/mol. The van der Waals surface area contributed by atoms with Crippen molar-refractivity contribution in [2.45, 2.75) is 38.8 Å². The van der Waals surface area contributed by atoms with E-state index in [0.29, 0.717) is 6.54 Å². The van der Waals surface area contributed by atoms with Crippen molar-refractivity contribution in [3.63, 3.8) is 0 Å². The molecule has 0 radical (unpaired) electrons. The quantitative estimate of drug-likeness (QED) is 0.832. The van der Waals surface area contributed by atoms with Gasteiger partial charge in [0.2, 0.25) is 5.91 Å². The van der Waals surface area contributed by atoms with Gasteiger partial charge < -0.3 is 10.2 Å². The molecule has 1 unspecified atom stereocenters. The number of hydrogen-bond donors (Lipinski definition) is 1. The monoisotopic (exact) mass is 258 g/mol. The Kier molecular flexibility index (Phi) is 3.01. The van der Waals surface area contributed by atoms with Gasteiger partial charge >= 0.3 is 0 Å². The van der Waals surface area contributed by atoms with E-state index in [1.807, 2.05) is 25.1 Å². The van der Waals surface area contributed by atoms with E-state index in [1.54, 1.807) is 4.90 Å². The lowest BCUT2D eigenvalue weighted by atomic mass is 10.1. The van der Waals surface area contributed by atoms with Crippen LogP contribution >= 0.6 is 0 Å². The first-order valence-corrected chi connectivity index (χ1v) is 6.85. The highest BCUT2D eigenvalue weighted by Gasteiger charge is 2.37. The van der Waals surface area contributed by atoms with Crippen LogP contribution in [-0.4, -0.2) is 29.3 Å². The number of amides is 2. The third kappa shape index (κ3) is 2.01. The van der Waals surface area contributed by atoms with Crippen LogP contribution in [-0.2, 0) is 11.3 Å². The first-order chi connectivity index (χ1) is 9.18. The Balaban J connectivity index is 1.90. The van der Waals surface area contributed by atoms with E-state index in [-0.39, 0.29) is 17.9 Å². The molecule has 1 fully saturated rings. The summed E-state index contributed by atoms with van der Waals surface area (Å²) >= 11 is 0. The number of nitrogens with one attached hydrogen (secondary N) is 1. The second kappa shape index (κ2) is 4.68. The molecule has 100 valence electrons. The summed E-state index contributed by atoms with van der Waals surface area (Å²) in [5, 5.41) is 2.90. The van der Waals surface area contributed by atoms with E-state index in [2.05, 4.69) is 5.32 Å². The second-order valence-electron chi connectivity index (χ2n) is 5.34. The predicted molar refractivity (Wildman–Crippen MR) is 71.7 cm³/mol. The van der Waals surface area contributed by atoms with Gasteiger partial charge in [0.15, 0.2) is 0 Å². The van der Waals surface area contributed by atoms with Crippen molar-refractivity contribution < 1.29 is 9.59 Å². The fourth-order valence-electron chi connectivity index (χ4n) is 2.98. The summed E-state index contributed by atoms with van der Waals surface area (Å²) in [7, 11) is 0. The lowest BCUT2D eigenvalue weighted by Gasteiger charge is -2.25. The first-order valence-electron chi connectivity index (χ1n) is 6.85. The number of fused-ring (bicyclic) bond motifs is 1. The van der Waals surface area contributed by atoms with E-state index in [0.717, 1.165) is 42.5 Å². The number of carbonyl (C=O) groups is 2. The Morgan fingerprint density at radius 3 is 2.89 bits per heavy atom. The van der Waals surface area contributed by atoms with Crippen molar-refractivity contribution in [2.75, 3.05) is 6.54 Å². The summed E-state index contributed by atoms with van der Waals surface area (Å²) in [5.41, 5.74) is 2.96. The van der Waals surface area contributed by atoms with Crippen LogP contribution in [0.5, 0.6) is 0 Å². The van der Waals surface area contributed by atoms with Gasteiger partial charge in [-0.2, -0.15) is 0 Å². The molecule has 3 rings (SSSR count). The highest BCUT2D eigenvalue weighted by molar-refractivity contribution is 6.01. The minimum Gasteiger partial charge on any atom is -0.354 e. The third-order valence-corrected chi connectivity index (χ3v) is 4.11. The van der Waals surface area contributed by atoms with Crippen LogP contribution in [0, 0.1) is 6.92 Å². The lowest BCUT2D eigenvalue weighted by molar-refractivity contribution is -0.125. The van der Waals surface area contributed by atoms with Crippen molar-refractivity contribution in [2.24, 2.45) is 0 Å². The second-order valence-corrected chi connectivity index (χ2v) is 5.34.